The monoisotopic (exact) mass is 453 g/mol. The van der Waals surface area contributed by atoms with Crippen LogP contribution in [0.2, 0.25) is 0 Å². The molecule has 6 heteroatoms. The summed E-state index contributed by atoms with van der Waals surface area (Å²) < 4.78 is 1.66. The molecule has 0 saturated heterocycles. The zero-order chi connectivity index (χ0) is 22.9. The Morgan fingerprint density at radius 3 is 2.48 bits per heavy atom. The smallest absolute Gasteiger partial charge is 0.266 e. The molecule has 0 bridgehead atoms. The Morgan fingerprint density at radius 2 is 1.67 bits per heavy atom. The number of thioether (sulfide) groups is 1. The highest BCUT2D eigenvalue weighted by atomic mass is 32.2. The van der Waals surface area contributed by atoms with Crippen molar-refractivity contribution >= 4 is 39.4 Å². The number of aromatic amines is 1. The molecule has 0 unspecified atom stereocenters. The van der Waals surface area contributed by atoms with Crippen LogP contribution >= 0.6 is 11.8 Å². The van der Waals surface area contributed by atoms with Crippen LogP contribution in [0.25, 0.3) is 27.5 Å². The van der Waals surface area contributed by atoms with E-state index in [0.717, 1.165) is 22.2 Å². The summed E-state index contributed by atoms with van der Waals surface area (Å²) in [7, 11) is 0. The average Bonchev–Trinajstić information content (AvgIpc) is 3.27. The summed E-state index contributed by atoms with van der Waals surface area (Å²) in [6.45, 7) is 4.21. The molecule has 5 nitrogen and oxygen atoms in total. The minimum Gasteiger partial charge on any atom is -0.360 e. The zero-order valence-corrected chi connectivity index (χ0v) is 19.2. The van der Waals surface area contributed by atoms with Crippen LogP contribution in [0.5, 0.6) is 0 Å². The maximum atomic E-state index is 13.6. The molecule has 164 valence electrons. The maximum Gasteiger partial charge on any atom is 0.266 e. The molecule has 3 aromatic carbocycles. The second-order valence-electron chi connectivity index (χ2n) is 8.23. The van der Waals surface area contributed by atoms with E-state index in [1.165, 1.54) is 11.8 Å². The average molecular weight is 454 g/mol. The predicted molar refractivity (Wildman–Crippen MR) is 135 cm³/mol. The van der Waals surface area contributed by atoms with Gasteiger partial charge in [-0.25, -0.2) is 4.98 Å². The molecular formula is C27H23N3O2S. The predicted octanol–water partition coefficient (Wildman–Crippen LogP) is 5.97. The quantitative estimate of drug-likeness (QED) is 0.196. The number of nitrogens with zero attached hydrogens (tertiary/aromatic N) is 2. The Balaban J connectivity index is 1.60. The molecule has 0 saturated carbocycles. The third-order valence-corrected chi connectivity index (χ3v) is 6.71. The molecule has 0 radical (unpaired) electrons. The van der Waals surface area contributed by atoms with Crippen LogP contribution < -0.4 is 5.56 Å². The highest BCUT2D eigenvalue weighted by molar-refractivity contribution is 7.99. The second-order valence-corrected chi connectivity index (χ2v) is 9.17. The van der Waals surface area contributed by atoms with Gasteiger partial charge in [0.05, 0.1) is 22.3 Å². The van der Waals surface area contributed by atoms with E-state index in [2.05, 4.69) is 18.8 Å². The van der Waals surface area contributed by atoms with Gasteiger partial charge in [0, 0.05) is 22.7 Å². The lowest BCUT2D eigenvalue weighted by Crippen LogP contribution is -2.23. The standard InChI is InChI=1S/C27H23N3O2S/c1-17(2)18-9-5-8-14-24(18)30-26(32)20-11-4-7-13-23(20)29-27(30)33-16-25(31)21-15-28-22-12-6-3-10-19(21)22/h3-15,17,28H,16H2,1-2H3. The summed E-state index contributed by atoms with van der Waals surface area (Å²) in [4.78, 5) is 34.7. The van der Waals surface area contributed by atoms with Crippen LogP contribution in [-0.4, -0.2) is 26.1 Å². The van der Waals surface area contributed by atoms with Crippen LogP contribution in [0, 0.1) is 0 Å². The van der Waals surface area contributed by atoms with Crippen molar-refractivity contribution in [1.82, 2.24) is 14.5 Å². The fraction of sp³-hybridized carbons (Fsp3) is 0.148. The van der Waals surface area contributed by atoms with Crippen molar-refractivity contribution in [3.8, 4) is 5.69 Å². The van der Waals surface area contributed by atoms with Crippen molar-refractivity contribution in [3.05, 3.63) is 100 Å². The summed E-state index contributed by atoms with van der Waals surface area (Å²) in [5.74, 6) is 0.394. The minimum atomic E-state index is -0.129. The fourth-order valence-corrected chi connectivity index (χ4v) is 5.00. The lowest BCUT2D eigenvalue weighted by molar-refractivity contribution is 0.102. The van der Waals surface area contributed by atoms with Crippen LogP contribution in [0.15, 0.2) is 88.9 Å². The van der Waals surface area contributed by atoms with E-state index in [1.54, 1.807) is 16.8 Å². The highest BCUT2D eigenvalue weighted by Crippen LogP contribution is 2.28. The number of Topliss-reactive ketones (excluding diaryl/α,β-unsaturated/α-hetero) is 1. The summed E-state index contributed by atoms with van der Waals surface area (Å²) in [5, 5.41) is 1.97. The molecule has 0 fully saturated rings. The topological polar surface area (TPSA) is 67.8 Å². The molecule has 0 atom stereocenters. The van der Waals surface area contributed by atoms with Crippen molar-refractivity contribution < 1.29 is 4.79 Å². The molecule has 0 spiro atoms. The van der Waals surface area contributed by atoms with Gasteiger partial charge in [0.15, 0.2) is 10.9 Å². The molecule has 1 N–H and O–H groups in total. The summed E-state index contributed by atoms with van der Waals surface area (Å²) in [6, 6.07) is 23.0. The summed E-state index contributed by atoms with van der Waals surface area (Å²) in [5.41, 5.74) is 3.94. The highest BCUT2D eigenvalue weighted by Gasteiger charge is 2.19. The number of carbonyl (C=O) groups excluding carboxylic acids is 1. The Kier molecular flexibility index (Phi) is 5.60. The van der Waals surface area contributed by atoms with Gasteiger partial charge in [-0.2, -0.15) is 0 Å². The van der Waals surface area contributed by atoms with Crippen molar-refractivity contribution in [2.75, 3.05) is 5.75 Å². The van der Waals surface area contributed by atoms with Gasteiger partial charge in [-0.05, 0) is 35.7 Å². The number of ketones is 1. The summed E-state index contributed by atoms with van der Waals surface area (Å²) in [6.07, 6.45) is 1.75. The van der Waals surface area contributed by atoms with E-state index in [9.17, 15) is 9.59 Å². The number of hydrogen-bond donors (Lipinski definition) is 1. The van der Waals surface area contributed by atoms with Crippen molar-refractivity contribution in [2.24, 2.45) is 0 Å². The third-order valence-electron chi connectivity index (χ3n) is 5.77. The number of benzene rings is 3. The number of carbonyl (C=O) groups is 1. The molecule has 0 aliphatic carbocycles. The van der Waals surface area contributed by atoms with Gasteiger partial charge in [0.2, 0.25) is 0 Å². The zero-order valence-electron chi connectivity index (χ0n) is 18.4. The first-order chi connectivity index (χ1) is 16.0. The second kappa shape index (κ2) is 8.71. The molecule has 5 aromatic rings. The van der Waals surface area contributed by atoms with E-state index in [4.69, 9.17) is 4.98 Å². The van der Waals surface area contributed by atoms with Crippen LogP contribution in [-0.2, 0) is 0 Å². The summed E-state index contributed by atoms with van der Waals surface area (Å²) >= 11 is 1.29. The van der Waals surface area contributed by atoms with E-state index in [0.29, 0.717) is 21.6 Å². The Hall–Kier alpha value is -3.64. The van der Waals surface area contributed by atoms with Gasteiger partial charge in [0.1, 0.15) is 0 Å². The van der Waals surface area contributed by atoms with Crippen molar-refractivity contribution in [2.45, 2.75) is 24.9 Å². The molecule has 0 amide bonds. The molecule has 33 heavy (non-hydrogen) atoms. The van der Waals surface area contributed by atoms with E-state index in [-0.39, 0.29) is 23.0 Å². The third kappa shape index (κ3) is 3.87. The molecule has 0 aliphatic heterocycles. The molecule has 5 rings (SSSR count). The first kappa shape index (κ1) is 21.2. The van der Waals surface area contributed by atoms with Crippen molar-refractivity contribution in [3.63, 3.8) is 0 Å². The van der Waals surface area contributed by atoms with Gasteiger partial charge >= 0.3 is 0 Å². The first-order valence-corrected chi connectivity index (χ1v) is 11.9. The lowest BCUT2D eigenvalue weighted by atomic mass is 10.0. The Morgan fingerprint density at radius 1 is 0.970 bits per heavy atom. The van der Waals surface area contributed by atoms with Crippen molar-refractivity contribution in [1.29, 1.82) is 0 Å². The largest absolute Gasteiger partial charge is 0.360 e. The number of H-pyrrole nitrogens is 1. The van der Waals surface area contributed by atoms with E-state index >= 15 is 0 Å². The Labute approximate surface area is 195 Å². The van der Waals surface area contributed by atoms with Gasteiger partial charge < -0.3 is 4.98 Å². The number of rotatable bonds is 6. The SMILES string of the molecule is CC(C)c1ccccc1-n1c(SCC(=O)c2c[nH]c3ccccc23)nc2ccccc2c1=O. The fourth-order valence-electron chi connectivity index (χ4n) is 4.11. The van der Waals surface area contributed by atoms with Crippen LogP contribution in [0.4, 0.5) is 0 Å². The van der Waals surface area contributed by atoms with Gasteiger partial charge in [-0.15, -0.1) is 0 Å². The normalized spacial score (nSPS) is 11.5. The number of fused-ring (bicyclic) bond motifs is 2. The molecular weight excluding hydrogens is 430 g/mol. The molecule has 2 heterocycles. The molecule has 0 aliphatic rings. The number of nitrogens with one attached hydrogen (secondary N) is 1. The van der Waals surface area contributed by atoms with Gasteiger partial charge in [0.25, 0.3) is 5.56 Å². The van der Waals surface area contributed by atoms with Crippen LogP contribution in [0.3, 0.4) is 0 Å². The Bertz CT molecular complexity index is 1550. The number of aromatic nitrogens is 3. The van der Waals surface area contributed by atoms with E-state index in [1.807, 2.05) is 66.7 Å². The first-order valence-electron chi connectivity index (χ1n) is 10.9. The molecule has 2 aromatic heterocycles. The van der Waals surface area contributed by atoms with Gasteiger partial charge in [-0.3, -0.25) is 14.2 Å². The number of para-hydroxylation sites is 3. The van der Waals surface area contributed by atoms with Gasteiger partial charge in [-0.1, -0.05) is 74.1 Å². The van der Waals surface area contributed by atoms with Crippen LogP contribution in [0.1, 0.15) is 35.7 Å². The maximum absolute atomic E-state index is 13.6. The number of hydrogen-bond acceptors (Lipinski definition) is 4. The lowest BCUT2D eigenvalue weighted by Gasteiger charge is -2.18. The van der Waals surface area contributed by atoms with E-state index < -0.39 is 0 Å². The minimum absolute atomic E-state index is 0.0106.